The van der Waals surface area contributed by atoms with Crippen LogP contribution >= 0.6 is 0 Å². The number of anilines is 1. The molecule has 88 valence electrons. The Labute approximate surface area is 100 Å². The van der Waals surface area contributed by atoms with Gasteiger partial charge in [-0.1, -0.05) is 17.7 Å². The monoisotopic (exact) mass is 229 g/mol. The Morgan fingerprint density at radius 1 is 1.35 bits per heavy atom. The van der Waals surface area contributed by atoms with E-state index in [-0.39, 0.29) is 11.8 Å². The van der Waals surface area contributed by atoms with Gasteiger partial charge in [0.05, 0.1) is 17.3 Å². The maximum absolute atomic E-state index is 12.2. The third-order valence-corrected chi connectivity index (χ3v) is 3.33. The zero-order valence-electron chi connectivity index (χ0n) is 9.81. The summed E-state index contributed by atoms with van der Waals surface area (Å²) in [4.78, 5) is 12.2. The van der Waals surface area contributed by atoms with Gasteiger partial charge in [-0.15, -0.1) is 0 Å². The van der Waals surface area contributed by atoms with Crippen molar-refractivity contribution in [2.45, 2.75) is 13.3 Å². The minimum atomic E-state index is -0.00227. The molecule has 4 heteroatoms. The summed E-state index contributed by atoms with van der Waals surface area (Å²) >= 11 is 0. The molecule has 0 aliphatic carbocycles. The molecule has 0 aromatic heterocycles. The molecule has 1 atom stereocenters. The summed E-state index contributed by atoms with van der Waals surface area (Å²) in [5.74, 6) is 0.114. The Morgan fingerprint density at radius 2 is 2.12 bits per heavy atom. The Morgan fingerprint density at radius 3 is 2.82 bits per heavy atom. The Kier molecular flexibility index (Phi) is 2.44. The van der Waals surface area contributed by atoms with Crippen molar-refractivity contribution in [2.75, 3.05) is 18.1 Å². The molecule has 1 unspecified atom stereocenters. The maximum atomic E-state index is 12.2. The van der Waals surface area contributed by atoms with Crippen molar-refractivity contribution in [3.05, 3.63) is 29.8 Å². The van der Waals surface area contributed by atoms with Gasteiger partial charge >= 0.3 is 0 Å². The van der Waals surface area contributed by atoms with Crippen LogP contribution in [0.15, 0.2) is 29.4 Å². The van der Waals surface area contributed by atoms with Crippen molar-refractivity contribution in [1.29, 1.82) is 0 Å². The summed E-state index contributed by atoms with van der Waals surface area (Å²) < 4.78 is 0. The van der Waals surface area contributed by atoms with Crippen molar-refractivity contribution in [1.82, 2.24) is 5.32 Å². The molecule has 0 radical (unpaired) electrons. The number of fused-ring (bicyclic) bond motifs is 1. The summed E-state index contributed by atoms with van der Waals surface area (Å²) in [5, 5.41) is 9.23. The van der Waals surface area contributed by atoms with E-state index in [1.807, 2.05) is 31.2 Å². The lowest BCUT2D eigenvalue weighted by Gasteiger charge is -2.18. The van der Waals surface area contributed by atoms with Gasteiger partial charge in [0.15, 0.2) is 0 Å². The number of carbonyl (C=O) groups is 1. The van der Waals surface area contributed by atoms with Crippen LogP contribution in [0, 0.1) is 12.8 Å². The van der Waals surface area contributed by atoms with E-state index in [0.29, 0.717) is 0 Å². The molecular formula is C13H15N3O. The summed E-state index contributed by atoms with van der Waals surface area (Å²) in [6.07, 6.45) is 0.861. The van der Waals surface area contributed by atoms with E-state index < -0.39 is 0 Å². The Bertz CT molecular complexity index is 478. The highest BCUT2D eigenvalue weighted by Crippen LogP contribution is 2.26. The van der Waals surface area contributed by atoms with Gasteiger partial charge < -0.3 is 5.32 Å². The molecule has 1 aromatic carbocycles. The molecule has 1 amide bonds. The van der Waals surface area contributed by atoms with Crippen molar-refractivity contribution >= 4 is 17.3 Å². The number of amides is 1. The molecule has 2 heterocycles. The average molecular weight is 229 g/mol. The van der Waals surface area contributed by atoms with E-state index in [1.54, 1.807) is 5.01 Å². The van der Waals surface area contributed by atoms with Crippen molar-refractivity contribution in [3.63, 3.8) is 0 Å². The summed E-state index contributed by atoms with van der Waals surface area (Å²) in [7, 11) is 0. The predicted octanol–water partition coefficient (Wildman–Crippen LogP) is 1.31. The summed E-state index contributed by atoms with van der Waals surface area (Å²) in [6.45, 7) is 3.67. The highest BCUT2D eigenvalue weighted by molar-refractivity contribution is 6.16. The van der Waals surface area contributed by atoms with Crippen molar-refractivity contribution < 1.29 is 4.79 Å². The van der Waals surface area contributed by atoms with Gasteiger partial charge in [-0.05, 0) is 32.0 Å². The fourth-order valence-corrected chi connectivity index (χ4v) is 2.32. The van der Waals surface area contributed by atoms with Crippen LogP contribution in [0.25, 0.3) is 0 Å². The first-order valence-corrected chi connectivity index (χ1v) is 5.94. The zero-order valence-corrected chi connectivity index (χ0v) is 9.81. The van der Waals surface area contributed by atoms with Crippen molar-refractivity contribution in [2.24, 2.45) is 11.0 Å². The lowest BCUT2D eigenvalue weighted by atomic mass is 9.96. The number of carbonyl (C=O) groups excluding carboxylic acids is 1. The summed E-state index contributed by atoms with van der Waals surface area (Å²) in [6, 6.07) is 7.90. The van der Waals surface area contributed by atoms with Crippen molar-refractivity contribution in [3.8, 4) is 0 Å². The van der Waals surface area contributed by atoms with E-state index in [0.717, 1.165) is 30.9 Å². The first-order chi connectivity index (χ1) is 8.25. The highest BCUT2D eigenvalue weighted by atomic mass is 16.2. The number of hydrogen-bond donors (Lipinski definition) is 1. The summed E-state index contributed by atoms with van der Waals surface area (Å²) in [5.41, 5.74) is 3.02. The van der Waals surface area contributed by atoms with Gasteiger partial charge in [0.2, 0.25) is 0 Å². The van der Waals surface area contributed by atoms with Gasteiger partial charge in [0, 0.05) is 6.54 Å². The molecule has 0 bridgehead atoms. The van der Waals surface area contributed by atoms with Gasteiger partial charge in [0.25, 0.3) is 5.91 Å². The van der Waals surface area contributed by atoms with E-state index >= 15 is 0 Å². The molecular weight excluding hydrogens is 214 g/mol. The first-order valence-electron chi connectivity index (χ1n) is 5.94. The number of hydrazone groups is 1. The van der Waals surface area contributed by atoms with Gasteiger partial charge in [-0.2, -0.15) is 5.10 Å². The number of piperidine rings is 1. The molecule has 1 N–H and O–H groups in total. The third kappa shape index (κ3) is 1.74. The van der Waals surface area contributed by atoms with Crippen LogP contribution in [0.3, 0.4) is 0 Å². The molecule has 0 saturated carbocycles. The SMILES string of the molecule is Cc1ccc(N2N=C3CNCCC3C2=O)cc1. The van der Waals surface area contributed by atoms with E-state index in [4.69, 9.17) is 0 Å². The van der Waals surface area contributed by atoms with Crippen LogP contribution in [-0.4, -0.2) is 24.7 Å². The fourth-order valence-electron chi connectivity index (χ4n) is 2.32. The second-order valence-electron chi connectivity index (χ2n) is 4.59. The zero-order chi connectivity index (χ0) is 11.8. The number of aryl methyl sites for hydroxylation is 1. The minimum absolute atomic E-state index is 0.00227. The molecule has 0 spiro atoms. The van der Waals surface area contributed by atoms with Crippen LogP contribution in [-0.2, 0) is 4.79 Å². The second-order valence-corrected chi connectivity index (χ2v) is 4.59. The smallest absolute Gasteiger partial charge is 0.256 e. The quantitative estimate of drug-likeness (QED) is 0.789. The predicted molar refractivity (Wildman–Crippen MR) is 67.1 cm³/mol. The van der Waals surface area contributed by atoms with E-state index in [1.165, 1.54) is 5.56 Å². The van der Waals surface area contributed by atoms with Gasteiger partial charge in [0.1, 0.15) is 0 Å². The van der Waals surface area contributed by atoms with Crippen LogP contribution < -0.4 is 10.3 Å². The number of nitrogens with zero attached hydrogens (tertiary/aromatic N) is 2. The lowest BCUT2D eigenvalue weighted by molar-refractivity contribution is -0.120. The Hall–Kier alpha value is -1.68. The molecule has 2 aliphatic rings. The lowest BCUT2D eigenvalue weighted by Crippen LogP contribution is -2.38. The minimum Gasteiger partial charge on any atom is -0.311 e. The largest absolute Gasteiger partial charge is 0.311 e. The molecule has 1 fully saturated rings. The van der Waals surface area contributed by atoms with Crippen LogP contribution in [0.1, 0.15) is 12.0 Å². The molecule has 1 saturated heterocycles. The normalized spacial score (nSPS) is 23.6. The van der Waals surface area contributed by atoms with Crippen LogP contribution in [0.4, 0.5) is 5.69 Å². The third-order valence-electron chi connectivity index (χ3n) is 3.33. The first kappa shape index (κ1) is 10.5. The van der Waals surface area contributed by atoms with Gasteiger partial charge in [-0.3, -0.25) is 4.79 Å². The number of benzene rings is 1. The number of nitrogens with one attached hydrogen (secondary N) is 1. The highest BCUT2D eigenvalue weighted by Gasteiger charge is 2.37. The van der Waals surface area contributed by atoms with Crippen LogP contribution in [0.2, 0.25) is 0 Å². The molecule has 3 rings (SSSR count). The van der Waals surface area contributed by atoms with E-state index in [2.05, 4.69) is 10.4 Å². The standard InChI is InChI=1S/C13H15N3O/c1-9-2-4-10(5-3-9)16-13(17)11-6-7-14-8-12(11)15-16/h2-5,11,14H,6-8H2,1H3. The molecule has 2 aliphatic heterocycles. The average Bonchev–Trinajstić information content (AvgIpc) is 2.69. The number of hydrogen-bond acceptors (Lipinski definition) is 3. The topological polar surface area (TPSA) is 44.7 Å². The second kappa shape index (κ2) is 3.96. The number of rotatable bonds is 1. The molecule has 1 aromatic rings. The van der Waals surface area contributed by atoms with Crippen LogP contribution in [0.5, 0.6) is 0 Å². The van der Waals surface area contributed by atoms with Gasteiger partial charge in [-0.25, -0.2) is 5.01 Å². The Balaban J connectivity index is 1.92. The maximum Gasteiger partial charge on any atom is 0.256 e. The molecule has 17 heavy (non-hydrogen) atoms. The van der Waals surface area contributed by atoms with E-state index in [9.17, 15) is 4.79 Å². The fraction of sp³-hybridized carbons (Fsp3) is 0.385. The molecule has 4 nitrogen and oxygen atoms in total.